The average Bonchev–Trinajstić information content (AvgIpc) is 3.42. The molecule has 0 saturated heterocycles. The minimum atomic E-state index is -1.23. The number of phenols is 1. The van der Waals surface area contributed by atoms with Gasteiger partial charge in [-0.3, -0.25) is 14.4 Å². The molecule has 3 amide bonds. The zero-order valence-electron chi connectivity index (χ0n) is 21.3. The Morgan fingerprint density at radius 2 is 1.49 bits per heavy atom. The van der Waals surface area contributed by atoms with Crippen molar-refractivity contribution in [2.75, 3.05) is 0 Å². The van der Waals surface area contributed by atoms with Gasteiger partial charge in [-0.15, -0.1) is 0 Å². The van der Waals surface area contributed by atoms with Crippen molar-refractivity contribution in [3.05, 3.63) is 83.9 Å². The molecule has 2 aromatic carbocycles. The van der Waals surface area contributed by atoms with E-state index in [9.17, 15) is 29.4 Å². The number of hydrogen-bond acceptors (Lipinski definition) is 7. The average molecular weight is 537 g/mol. The van der Waals surface area contributed by atoms with Crippen molar-refractivity contribution in [1.29, 1.82) is 0 Å². The van der Waals surface area contributed by atoms with Crippen molar-refractivity contribution < 1.29 is 29.4 Å². The van der Waals surface area contributed by atoms with Gasteiger partial charge in [-0.1, -0.05) is 42.5 Å². The van der Waals surface area contributed by atoms with Gasteiger partial charge in [0.15, 0.2) is 0 Å². The van der Waals surface area contributed by atoms with Crippen LogP contribution in [0.3, 0.4) is 0 Å². The topological polar surface area (TPSA) is 200 Å². The number of H-pyrrole nitrogens is 1. The molecule has 0 aliphatic carbocycles. The van der Waals surface area contributed by atoms with Crippen LogP contribution in [0.4, 0.5) is 0 Å². The van der Waals surface area contributed by atoms with Gasteiger partial charge in [0.1, 0.15) is 23.9 Å². The number of carbonyl (C=O) groups excluding carboxylic acids is 3. The van der Waals surface area contributed by atoms with Gasteiger partial charge in [-0.05, 0) is 36.6 Å². The van der Waals surface area contributed by atoms with E-state index in [0.717, 1.165) is 11.1 Å². The Hall–Kier alpha value is -4.71. The summed E-state index contributed by atoms with van der Waals surface area (Å²) in [6.45, 7) is 1.45. The largest absolute Gasteiger partial charge is 0.508 e. The highest BCUT2D eigenvalue weighted by molar-refractivity contribution is 5.94. The summed E-state index contributed by atoms with van der Waals surface area (Å²) >= 11 is 0. The van der Waals surface area contributed by atoms with Gasteiger partial charge in [0, 0.05) is 24.7 Å². The van der Waals surface area contributed by atoms with Gasteiger partial charge < -0.3 is 36.9 Å². The second-order valence-electron chi connectivity index (χ2n) is 9.14. The first-order valence-electron chi connectivity index (χ1n) is 12.3. The number of aromatic amines is 1. The fourth-order valence-corrected chi connectivity index (χ4v) is 3.81. The second-order valence-corrected chi connectivity index (χ2v) is 9.14. The molecule has 3 rings (SSSR count). The van der Waals surface area contributed by atoms with Crippen LogP contribution in [0.5, 0.6) is 5.75 Å². The van der Waals surface area contributed by atoms with E-state index in [4.69, 9.17) is 5.73 Å². The molecule has 0 fully saturated rings. The lowest BCUT2D eigenvalue weighted by Gasteiger charge is -2.23. The van der Waals surface area contributed by atoms with E-state index in [-0.39, 0.29) is 25.0 Å². The highest BCUT2D eigenvalue weighted by Crippen LogP contribution is 2.11. The number of carboxylic acids is 1. The Morgan fingerprint density at radius 1 is 0.846 bits per heavy atom. The second kappa shape index (κ2) is 13.7. The lowest BCUT2D eigenvalue weighted by atomic mass is 10.0. The number of imidazole rings is 1. The van der Waals surface area contributed by atoms with Crippen LogP contribution in [0, 0.1) is 0 Å². The maximum absolute atomic E-state index is 13.1. The summed E-state index contributed by atoms with van der Waals surface area (Å²) in [5.74, 6) is -3.07. The summed E-state index contributed by atoms with van der Waals surface area (Å²) in [6, 6.07) is 10.7. The third-order valence-electron chi connectivity index (χ3n) is 5.99. The predicted molar refractivity (Wildman–Crippen MR) is 141 cm³/mol. The maximum atomic E-state index is 13.1. The standard InChI is InChI=1S/C27H32N6O6/c1-16(31-25(36)21(28)11-18-7-9-20(34)10-8-18)24(35)32-22(13-19-14-29-15-30-19)26(37)33-23(27(38)39)12-17-5-3-2-4-6-17/h2-10,14-16,21-23,34H,11-13,28H2,1H3,(H,29,30)(H,31,36)(H,32,35)(H,33,37)(H,38,39). The summed E-state index contributed by atoms with van der Waals surface area (Å²) in [5.41, 5.74) is 7.98. The van der Waals surface area contributed by atoms with Gasteiger partial charge in [0.2, 0.25) is 17.7 Å². The van der Waals surface area contributed by atoms with Crippen LogP contribution in [0.25, 0.3) is 0 Å². The molecule has 12 nitrogen and oxygen atoms in total. The van der Waals surface area contributed by atoms with Crippen LogP contribution in [0.15, 0.2) is 67.1 Å². The normalized spacial score (nSPS) is 13.9. The Morgan fingerprint density at radius 3 is 2.10 bits per heavy atom. The molecule has 0 aliphatic rings. The molecular formula is C27H32N6O6. The Kier molecular flexibility index (Phi) is 10.2. The molecule has 0 saturated carbocycles. The molecule has 3 aromatic rings. The number of nitrogens with two attached hydrogens (primary N) is 1. The summed E-state index contributed by atoms with van der Waals surface area (Å²) < 4.78 is 0. The first kappa shape index (κ1) is 28.9. The lowest BCUT2D eigenvalue weighted by molar-refractivity contribution is -0.142. The van der Waals surface area contributed by atoms with Crippen molar-refractivity contribution in [1.82, 2.24) is 25.9 Å². The molecule has 1 aromatic heterocycles. The molecule has 206 valence electrons. The molecule has 4 atom stereocenters. The monoisotopic (exact) mass is 536 g/mol. The van der Waals surface area contributed by atoms with E-state index >= 15 is 0 Å². The van der Waals surface area contributed by atoms with Crippen molar-refractivity contribution in [3.63, 3.8) is 0 Å². The maximum Gasteiger partial charge on any atom is 0.326 e. The molecule has 12 heteroatoms. The molecule has 8 N–H and O–H groups in total. The van der Waals surface area contributed by atoms with Crippen molar-refractivity contribution in [2.24, 2.45) is 5.73 Å². The number of benzene rings is 2. The van der Waals surface area contributed by atoms with Gasteiger partial charge >= 0.3 is 5.97 Å². The number of phenolic OH excluding ortho intramolecular Hbond substituents is 1. The minimum absolute atomic E-state index is 0.0102. The van der Waals surface area contributed by atoms with E-state index in [1.165, 1.54) is 31.6 Å². The van der Waals surface area contributed by atoms with Crippen molar-refractivity contribution in [3.8, 4) is 5.75 Å². The third kappa shape index (κ3) is 8.97. The lowest BCUT2D eigenvalue weighted by Crippen LogP contribution is -2.57. The van der Waals surface area contributed by atoms with Crippen molar-refractivity contribution in [2.45, 2.75) is 50.4 Å². The number of aromatic nitrogens is 2. The summed E-state index contributed by atoms with van der Waals surface area (Å²) in [6.07, 6.45) is 3.15. The van der Waals surface area contributed by atoms with Crippen LogP contribution in [-0.2, 0) is 38.4 Å². The number of carboxylic acid groups (broad SMARTS) is 1. The summed E-state index contributed by atoms with van der Waals surface area (Å²) in [4.78, 5) is 57.3. The van der Waals surface area contributed by atoms with E-state index < -0.39 is 47.9 Å². The van der Waals surface area contributed by atoms with Crippen LogP contribution in [0.1, 0.15) is 23.7 Å². The fourth-order valence-electron chi connectivity index (χ4n) is 3.81. The molecule has 4 unspecified atom stereocenters. The number of nitrogens with zero attached hydrogens (tertiary/aromatic N) is 1. The summed E-state index contributed by atoms with van der Waals surface area (Å²) in [5, 5.41) is 26.7. The highest BCUT2D eigenvalue weighted by Gasteiger charge is 2.29. The third-order valence-corrected chi connectivity index (χ3v) is 5.99. The first-order valence-corrected chi connectivity index (χ1v) is 12.3. The number of hydrogen-bond donors (Lipinski definition) is 7. The zero-order chi connectivity index (χ0) is 28.4. The Balaban J connectivity index is 1.63. The van der Waals surface area contributed by atoms with E-state index in [2.05, 4.69) is 25.9 Å². The number of amides is 3. The quantitative estimate of drug-likeness (QED) is 0.159. The van der Waals surface area contributed by atoms with E-state index in [0.29, 0.717) is 5.69 Å². The first-order chi connectivity index (χ1) is 18.6. The number of carbonyl (C=O) groups is 4. The van der Waals surface area contributed by atoms with Crippen LogP contribution >= 0.6 is 0 Å². The van der Waals surface area contributed by atoms with Gasteiger partial charge in [-0.2, -0.15) is 0 Å². The molecule has 1 heterocycles. The van der Waals surface area contributed by atoms with Crippen LogP contribution in [0.2, 0.25) is 0 Å². The number of aromatic hydroxyl groups is 1. The zero-order valence-corrected chi connectivity index (χ0v) is 21.3. The van der Waals surface area contributed by atoms with Gasteiger partial charge in [0.25, 0.3) is 0 Å². The predicted octanol–water partition coefficient (Wildman–Crippen LogP) is 0.0294. The number of nitrogens with one attached hydrogen (secondary N) is 4. The van der Waals surface area contributed by atoms with Crippen molar-refractivity contribution >= 4 is 23.7 Å². The smallest absolute Gasteiger partial charge is 0.326 e. The molecular weight excluding hydrogens is 504 g/mol. The number of aliphatic carboxylic acids is 1. The van der Waals surface area contributed by atoms with E-state index in [1.54, 1.807) is 42.5 Å². The molecule has 39 heavy (non-hydrogen) atoms. The highest BCUT2D eigenvalue weighted by atomic mass is 16.4. The molecule has 0 bridgehead atoms. The number of rotatable bonds is 13. The van der Waals surface area contributed by atoms with E-state index in [1.807, 2.05) is 0 Å². The molecule has 0 radical (unpaired) electrons. The molecule has 0 spiro atoms. The van der Waals surface area contributed by atoms with Gasteiger partial charge in [-0.25, -0.2) is 9.78 Å². The summed E-state index contributed by atoms with van der Waals surface area (Å²) in [7, 11) is 0. The fraction of sp³-hybridized carbons (Fsp3) is 0.296. The SMILES string of the molecule is CC(NC(=O)C(N)Cc1ccc(O)cc1)C(=O)NC(Cc1cnc[nH]1)C(=O)NC(Cc1ccccc1)C(=O)O. The van der Waals surface area contributed by atoms with Crippen LogP contribution in [-0.4, -0.2) is 68.0 Å². The Labute approximate surface area is 225 Å². The van der Waals surface area contributed by atoms with Gasteiger partial charge in [0.05, 0.1) is 12.4 Å². The minimum Gasteiger partial charge on any atom is -0.508 e. The van der Waals surface area contributed by atoms with Crippen LogP contribution < -0.4 is 21.7 Å². The Bertz CT molecular complexity index is 1250. The molecule has 0 aliphatic heterocycles.